The van der Waals surface area contributed by atoms with E-state index in [4.69, 9.17) is 4.74 Å². The van der Waals surface area contributed by atoms with E-state index >= 15 is 0 Å². The number of cyclic esters (lactones) is 1. The lowest BCUT2D eigenvalue weighted by Gasteiger charge is -2.33. The van der Waals surface area contributed by atoms with E-state index in [1.807, 2.05) is 0 Å². The molecule has 0 saturated carbocycles. The second kappa shape index (κ2) is 2.41. The van der Waals surface area contributed by atoms with Crippen LogP contribution in [0.5, 0.6) is 0 Å². The fraction of sp³-hybridized carbons (Fsp3) is 0.667. The molecule has 0 spiro atoms. The molecule has 1 aliphatic heterocycles. The van der Waals surface area contributed by atoms with Gasteiger partial charge in [-0.3, -0.25) is 4.90 Å². The summed E-state index contributed by atoms with van der Waals surface area (Å²) in [5, 5.41) is 0. The van der Waals surface area contributed by atoms with Gasteiger partial charge in [-0.1, -0.05) is 0 Å². The lowest BCUT2D eigenvalue weighted by molar-refractivity contribution is -0.0139. The Labute approximate surface area is 64.5 Å². The molecule has 0 N–H and O–H groups in total. The Morgan fingerprint density at radius 2 is 1.91 bits per heavy atom. The number of carbonyl (C=O) groups is 2. The average molecular weight is 158 g/mol. The van der Waals surface area contributed by atoms with Gasteiger partial charge in [0.15, 0.2) is 6.23 Å². The first-order chi connectivity index (χ1) is 5.04. The number of amides is 3. The summed E-state index contributed by atoms with van der Waals surface area (Å²) in [5.74, 6) is 0. The van der Waals surface area contributed by atoms with Crippen LogP contribution in [0.15, 0.2) is 0 Å². The maximum Gasteiger partial charge on any atom is 0.419 e. The summed E-state index contributed by atoms with van der Waals surface area (Å²) in [5.41, 5.74) is 0. The predicted molar refractivity (Wildman–Crippen MR) is 36.9 cm³/mol. The molecule has 0 aliphatic carbocycles. The van der Waals surface area contributed by atoms with Crippen molar-refractivity contribution in [2.24, 2.45) is 0 Å². The zero-order valence-corrected chi connectivity index (χ0v) is 6.70. The predicted octanol–water partition coefficient (Wildman–Crippen LogP) is 0.466. The van der Waals surface area contributed by atoms with Gasteiger partial charge >= 0.3 is 12.1 Å². The molecule has 1 atom stereocenters. The minimum absolute atomic E-state index is 0.339. The fourth-order valence-corrected chi connectivity index (χ4v) is 0.774. The van der Waals surface area contributed by atoms with E-state index in [-0.39, 0.29) is 6.03 Å². The molecule has 0 radical (unpaired) electrons. The molecule has 62 valence electrons. The summed E-state index contributed by atoms with van der Waals surface area (Å²) in [7, 11) is 2.96. The van der Waals surface area contributed by atoms with Crippen LogP contribution in [-0.4, -0.2) is 42.2 Å². The summed E-state index contributed by atoms with van der Waals surface area (Å²) in [4.78, 5) is 24.2. The lowest BCUT2D eigenvalue weighted by Crippen LogP contribution is -2.53. The maximum atomic E-state index is 11.1. The Balaban J connectivity index is 2.79. The zero-order chi connectivity index (χ0) is 8.59. The van der Waals surface area contributed by atoms with Crippen LogP contribution in [0, 0.1) is 0 Å². The molecule has 3 amide bonds. The summed E-state index contributed by atoms with van der Waals surface area (Å²) in [6, 6.07) is -0.339. The van der Waals surface area contributed by atoms with Crippen molar-refractivity contribution in [2.75, 3.05) is 14.1 Å². The molecule has 1 aliphatic rings. The fourth-order valence-electron chi connectivity index (χ4n) is 0.774. The standard InChI is InChI=1S/C6H10N2O3/c1-4-7(2)5(9)8(3)6(10)11-4/h4H,1-3H3. The maximum absolute atomic E-state index is 11.1. The summed E-state index contributed by atoms with van der Waals surface area (Å²) >= 11 is 0. The van der Waals surface area contributed by atoms with Gasteiger partial charge in [0.1, 0.15) is 0 Å². The molecule has 5 heteroatoms. The van der Waals surface area contributed by atoms with Gasteiger partial charge in [0, 0.05) is 14.1 Å². The number of carbonyl (C=O) groups excluding carboxylic acids is 2. The highest BCUT2D eigenvalue weighted by Gasteiger charge is 2.32. The molecule has 0 bridgehead atoms. The van der Waals surface area contributed by atoms with Crippen molar-refractivity contribution in [3.8, 4) is 0 Å². The van der Waals surface area contributed by atoms with E-state index in [1.165, 1.54) is 11.9 Å². The zero-order valence-electron chi connectivity index (χ0n) is 6.70. The highest BCUT2D eigenvalue weighted by atomic mass is 16.6. The van der Waals surface area contributed by atoms with E-state index in [0.29, 0.717) is 0 Å². The molecule has 11 heavy (non-hydrogen) atoms. The van der Waals surface area contributed by atoms with Crippen LogP contribution in [-0.2, 0) is 4.74 Å². The van der Waals surface area contributed by atoms with Gasteiger partial charge in [0.2, 0.25) is 0 Å². The highest BCUT2D eigenvalue weighted by Crippen LogP contribution is 2.10. The van der Waals surface area contributed by atoms with Crippen molar-refractivity contribution < 1.29 is 14.3 Å². The van der Waals surface area contributed by atoms with Gasteiger partial charge in [-0.15, -0.1) is 0 Å². The number of urea groups is 1. The third kappa shape index (κ3) is 1.13. The second-order valence-corrected chi connectivity index (χ2v) is 2.44. The first-order valence-electron chi connectivity index (χ1n) is 3.25. The highest BCUT2D eigenvalue weighted by molar-refractivity contribution is 5.92. The third-order valence-electron chi connectivity index (χ3n) is 1.68. The molecular weight excluding hydrogens is 148 g/mol. The number of rotatable bonds is 0. The quantitative estimate of drug-likeness (QED) is 0.514. The third-order valence-corrected chi connectivity index (χ3v) is 1.68. The van der Waals surface area contributed by atoms with Crippen LogP contribution in [0.3, 0.4) is 0 Å². The smallest absolute Gasteiger partial charge is 0.419 e. The minimum Gasteiger partial charge on any atom is -0.425 e. The van der Waals surface area contributed by atoms with E-state index in [9.17, 15) is 9.59 Å². The Bertz CT molecular complexity index is 204. The average Bonchev–Trinajstić information content (AvgIpc) is 1.97. The van der Waals surface area contributed by atoms with E-state index < -0.39 is 12.3 Å². The molecule has 1 saturated heterocycles. The Hall–Kier alpha value is -1.26. The summed E-state index contributed by atoms with van der Waals surface area (Å²) in [6.07, 6.45) is -1.06. The van der Waals surface area contributed by atoms with Crippen molar-refractivity contribution >= 4 is 12.1 Å². The van der Waals surface area contributed by atoms with Crippen LogP contribution in [0.2, 0.25) is 0 Å². The molecular formula is C6H10N2O3. The van der Waals surface area contributed by atoms with Gasteiger partial charge in [-0.2, -0.15) is 0 Å². The van der Waals surface area contributed by atoms with Gasteiger partial charge in [-0.25, -0.2) is 14.5 Å². The van der Waals surface area contributed by atoms with Crippen molar-refractivity contribution in [2.45, 2.75) is 13.2 Å². The molecule has 5 nitrogen and oxygen atoms in total. The van der Waals surface area contributed by atoms with Crippen molar-refractivity contribution in [1.29, 1.82) is 0 Å². The van der Waals surface area contributed by atoms with Crippen LogP contribution in [0.4, 0.5) is 9.59 Å². The van der Waals surface area contributed by atoms with Gasteiger partial charge in [0.05, 0.1) is 0 Å². The van der Waals surface area contributed by atoms with Crippen molar-refractivity contribution in [1.82, 2.24) is 9.80 Å². The SMILES string of the molecule is CC1OC(=O)N(C)C(=O)N1C. The van der Waals surface area contributed by atoms with Crippen LogP contribution < -0.4 is 0 Å². The van der Waals surface area contributed by atoms with Gasteiger partial charge < -0.3 is 4.74 Å². The number of hydrogen-bond donors (Lipinski definition) is 0. The van der Waals surface area contributed by atoms with Gasteiger partial charge in [0.25, 0.3) is 0 Å². The van der Waals surface area contributed by atoms with E-state index in [1.54, 1.807) is 14.0 Å². The molecule has 1 heterocycles. The van der Waals surface area contributed by atoms with E-state index in [0.717, 1.165) is 4.90 Å². The van der Waals surface area contributed by atoms with Crippen LogP contribution >= 0.6 is 0 Å². The summed E-state index contributed by atoms with van der Waals surface area (Å²) in [6.45, 7) is 1.64. The topological polar surface area (TPSA) is 49.9 Å². The number of hydrogen-bond acceptors (Lipinski definition) is 3. The molecule has 1 unspecified atom stereocenters. The normalized spacial score (nSPS) is 25.5. The lowest BCUT2D eigenvalue weighted by atomic mass is 10.5. The molecule has 0 aromatic heterocycles. The monoisotopic (exact) mass is 158 g/mol. The largest absolute Gasteiger partial charge is 0.425 e. The summed E-state index contributed by atoms with van der Waals surface area (Å²) < 4.78 is 4.77. The molecule has 1 rings (SSSR count). The Morgan fingerprint density at radius 3 is 2.45 bits per heavy atom. The number of nitrogens with zero attached hydrogens (tertiary/aromatic N) is 2. The van der Waals surface area contributed by atoms with Crippen molar-refractivity contribution in [3.63, 3.8) is 0 Å². The first-order valence-corrected chi connectivity index (χ1v) is 3.25. The Morgan fingerprint density at radius 1 is 1.36 bits per heavy atom. The first kappa shape index (κ1) is 7.84. The molecule has 0 aromatic rings. The second-order valence-electron chi connectivity index (χ2n) is 2.44. The number of ether oxygens (including phenoxy) is 1. The number of imide groups is 1. The Kier molecular flexibility index (Phi) is 1.72. The van der Waals surface area contributed by atoms with Crippen molar-refractivity contribution in [3.05, 3.63) is 0 Å². The van der Waals surface area contributed by atoms with Gasteiger partial charge in [-0.05, 0) is 6.92 Å². The molecule has 1 fully saturated rings. The van der Waals surface area contributed by atoms with E-state index in [2.05, 4.69) is 0 Å². The van der Waals surface area contributed by atoms with Crippen LogP contribution in [0.25, 0.3) is 0 Å². The minimum atomic E-state index is -0.597. The molecule has 0 aromatic carbocycles. The van der Waals surface area contributed by atoms with Crippen LogP contribution in [0.1, 0.15) is 6.92 Å².